The number of imidazole rings is 1. The van der Waals surface area contributed by atoms with Gasteiger partial charge in [0.2, 0.25) is 11.1 Å². The summed E-state index contributed by atoms with van der Waals surface area (Å²) in [6.45, 7) is 5.29. The van der Waals surface area contributed by atoms with Crippen molar-refractivity contribution in [2.75, 3.05) is 5.73 Å². The highest BCUT2D eigenvalue weighted by Crippen LogP contribution is 2.18. The number of carbonyl (C=O) groups is 1. The van der Waals surface area contributed by atoms with Crippen LogP contribution in [0.15, 0.2) is 0 Å². The van der Waals surface area contributed by atoms with Crippen LogP contribution in [0.4, 0.5) is 5.82 Å². The van der Waals surface area contributed by atoms with Gasteiger partial charge in [-0.15, -0.1) is 0 Å². The Balaban J connectivity index is 2.42. The highest BCUT2D eigenvalue weighted by Gasteiger charge is 2.22. The van der Waals surface area contributed by atoms with Crippen molar-refractivity contribution in [2.45, 2.75) is 26.4 Å². The quantitative estimate of drug-likeness (QED) is 0.601. The molecule has 0 amide bonds. The van der Waals surface area contributed by atoms with E-state index in [9.17, 15) is 4.79 Å². The molecule has 0 fully saturated rings. The van der Waals surface area contributed by atoms with Gasteiger partial charge >= 0.3 is 5.97 Å². The molecular formula is C10H12ClN5O2. The molecule has 0 aliphatic heterocycles. The van der Waals surface area contributed by atoms with Crippen molar-refractivity contribution in [1.29, 1.82) is 0 Å². The molecule has 8 heteroatoms. The molecule has 0 aliphatic carbocycles. The van der Waals surface area contributed by atoms with Gasteiger partial charge < -0.3 is 15.5 Å². The van der Waals surface area contributed by atoms with Crippen LogP contribution in [-0.4, -0.2) is 31.5 Å². The fourth-order valence-electron chi connectivity index (χ4n) is 1.32. The standard InChI is InChI=1S/C10H12ClN5O2/c1-10(2,3)18-8(17)7-13-4-5(12)14-9(11)16-6(4)15-7/h1-3H3,(H3,12,13,14,15,16). The Morgan fingerprint density at radius 1 is 1.33 bits per heavy atom. The number of carbonyl (C=O) groups excluding carboxylic acids is 1. The summed E-state index contributed by atoms with van der Waals surface area (Å²) in [4.78, 5) is 26.1. The van der Waals surface area contributed by atoms with E-state index in [1.165, 1.54) is 0 Å². The number of halogens is 1. The van der Waals surface area contributed by atoms with Crippen LogP contribution in [-0.2, 0) is 4.74 Å². The molecule has 0 bridgehead atoms. The molecule has 0 spiro atoms. The van der Waals surface area contributed by atoms with Crippen LogP contribution < -0.4 is 5.73 Å². The second-order valence-electron chi connectivity index (χ2n) is 4.66. The van der Waals surface area contributed by atoms with E-state index in [1.807, 2.05) is 0 Å². The number of fused-ring (bicyclic) bond motifs is 1. The number of aromatic nitrogens is 4. The topological polar surface area (TPSA) is 107 Å². The molecular weight excluding hydrogens is 258 g/mol. The van der Waals surface area contributed by atoms with Gasteiger partial charge in [0.05, 0.1) is 0 Å². The minimum Gasteiger partial charge on any atom is -0.454 e. The number of aromatic amines is 1. The van der Waals surface area contributed by atoms with E-state index < -0.39 is 11.6 Å². The first-order valence-corrected chi connectivity index (χ1v) is 5.56. The number of ether oxygens (including phenoxy) is 1. The van der Waals surface area contributed by atoms with Crippen molar-refractivity contribution >= 4 is 34.6 Å². The molecule has 96 valence electrons. The number of esters is 1. The zero-order chi connectivity index (χ0) is 13.5. The smallest absolute Gasteiger partial charge is 0.374 e. The van der Waals surface area contributed by atoms with E-state index in [0.717, 1.165) is 0 Å². The summed E-state index contributed by atoms with van der Waals surface area (Å²) in [5.74, 6) is -0.463. The van der Waals surface area contributed by atoms with Crippen molar-refractivity contribution < 1.29 is 9.53 Å². The van der Waals surface area contributed by atoms with Crippen molar-refractivity contribution in [2.24, 2.45) is 0 Å². The number of hydrogen-bond acceptors (Lipinski definition) is 6. The van der Waals surface area contributed by atoms with Crippen molar-refractivity contribution in [1.82, 2.24) is 19.9 Å². The lowest BCUT2D eigenvalue weighted by Gasteiger charge is -2.18. The summed E-state index contributed by atoms with van der Waals surface area (Å²) >= 11 is 5.65. The van der Waals surface area contributed by atoms with E-state index in [0.29, 0.717) is 11.2 Å². The molecule has 7 nitrogen and oxygen atoms in total. The van der Waals surface area contributed by atoms with Gasteiger partial charge in [0.1, 0.15) is 5.60 Å². The van der Waals surface area contributed by atoms with Crippen LogP contribution >= 0.6 is 11.6 Å². The summed E-state index contributed by atoms with van der Waals surface area (Å²) in [6.07, 6.45) is 0. The SMILES string of the molecule is CC(C)(C)OC(=O)c1nc2c(N)nc(Cl)nc2[nH]1. The second kappa shape index (κ2) is 4.09. The first kappa shape index (κ1) is 12.6. The monoisotopic (exact) mass is 269 g/mol. The lowest BCUT2D eigenvalue weighted by molar-refractivity contribution is 0.00572. The van der Waals surface area contributed by atoms with Gasteiger partial charge in [0, 0.05) is 0 Å². The molecule has 2 rings (SSSR count). The van der Waals surface area contributed by atoms with Crippen LogP contribution in [0.3, 0.4) is 0 Å². The fraction of sp³-hybridized carbons (Fsp3) is 0.400. The van der Waals surface area contributed by atoms with Crippen LogP contribution in [0, 0.1) is 0 Å². The highest BCUT2D eigenvalue weighted by atomic mass is 35.5. The Morgan fingerprint density at radius 3 is 2.61 bits per heavy atom. The van der Waals surface area contributed by atoms with Crippen LogP contribution in [0.2, 0.25) is 5.28 Å². The number of anilines is 1. The lowest BCUT2D eigenvalue weighted by Crippen LogP contribution is -2.24. The Labute approximate surface area is 108 Å². The molecule has 2 aromatic heterocycles. The summed E-state index contributed by atoms with van der Waals surface area (Å²) in [5.41, 5.74) is 5.61. The summed E-state index contributed by atoms with van der Waals surface area (Å²) in [5, 5.41) is -0.0145. The molecule has 0 atom stereocenters. The summed E-state index contributed by atoms with van der Waals surface area (Å²) in [7, 11) is 0. The van der Waals surface area contributed by atoms with E-state index >= 15 is 0 Å². The molecule has 0 unspecified atom stereocenters. The fourth-order valence-corrected chi connectivity index (χ4v) is 1.49. The molecule has 0 saturated heterocycles. The summed E-state index contributed by atoms with van der Waals surface area (Å²) < 4.78 is 5.17. The minimum atomic E-state index is -0.606. The lowest BCUT2D eigenvalue weighted by atomic mass is 10.2. The second-order valence-corrected chi connectivity index (χ2v) is 5.00. The summed E-state index contributed by atoms with van der Waals surface area (Å²) in [6, 6.07) is 0. The zero-order valence-electron chi connectivity index (χ0n) is 10.1. The number of nitrogens with zero attached hydrogens (tertiary/aromatic N) is 3. The third kappa shape index (κ3) is 2.51. The van der Waals surface area contributed by atoms with E-state index in [4.69, 9.17) is 22.1 Å². The third-order valence-electron chi connectivity index (χ3n) is 1.94. The Hall–Kier alpha value is -1.89. The minimum absolute atomic E-state index is 0.0145. The largest absolute Gasteiger partial charge is 0.454 e. The maximum atomic E-state index is 11.8. The van der Waals surface area contributed by atoms with Gasteiger partial charge in [-0.1, -0.05) is 0 Å². The van der Waals surface area contributed by atoms with E-state index in [1.54, 1.807) is 20.8 Å². The Bertz CT molecular complexity index is 616. The Morgan fingerprint density at radius 2 is 2.00 bits per heavy atom. The first-order chi connectivity index (χ1) is 8.26. The van der Waals surface area contributed by atoms with Gasteiger partial charge in [-0.05, 0) is 32.4 Å². The first-order valence-electron chi connectivity index (χ1n) is 5.18. The molecule has 3 N–H and O–H groups in total. The Kier molecular flexibility index (Phi) is 2.86. The molecule has 0 aliphatic rings. The molecule has 0 saturated carbocycles. The van der Waals surface area contributed by atoms with Gasteiger partial charge in [-0.25, -0.2) is 9.78 Å². The van der Waals surface area contributed by atoms with Gasteiger partial charge in [0.25, 0.3) is 0 Å². The molecule has 2 aromatic rings. The van der Waals surface area contributed by atoms with Gasteiger partial charge in [0.15, 0.2) is 17.0 Å². The number of nitrogens with one attached hydrogen (secondary N) is 1. The normalized spacial score (nSPS) is 11.8. The van der Waals surface area contributed by atoms with Crippen molar-refractivity contribution in [3.8, 4) is 0 Å². The van der Waals surface area contributed by atoms with Crippen molar-refractivity contribution in [3.05, 3.63) is 11.1 Å². The predicted octanol–water partition coefficient (Wildman–Crippen LogP) is 1.54. The predicted molar refractivity (Wildman–Crippen MR) is 66.3 cm³/mol. The number of hydrogen-bond donors (Lipinski definition) is 2. The van der Waals surface area contributed by atoms with Crippen molar-refractivity contribution in [3.63, 3.8) is 0 Å². The van der Waals surface area contributed by atoms with Gasteiger partial charge in [-0.3, -0.25) is 0 Å². The molecule has 18 heavy (non-hydrogen) atoms. The zero-order valence-corrected chi connectivity index (χ0v) is 10.9. The number of nitrogens with two attached hydrogens (primary N) is 1. The molecule has 2 heterocycles. The number of nitrogen functional groups attached to an aromatic ring is 1. The number of H-pyrrole nitrogens is 1. The molecule has 0 radical (unpaired) electrons. The van der Waals surface area contributed by atoms with E-state index in [2.05, 4.69) is 19.9 Å². The van der Waals surface area contributed by atoms with Gasteiger partial charge in [-0.2, -0.15) is 9.97 Å². The van der Waals surface area contributed by atoms with Crippen LogP contribution in [0.5, 0.6) is 0 Å². The highest BCUT2D eigenvalue weighted by molar-refractivity contribution is 6.28. The molecule has 0 aromatic carbocycles. The number of rotatable bonds is 1. The van der Waals surface area contributed by atoms with E-state index in [-0.39, 0.29) is 16.9 Å². The maximum Gasteiger partial charge on any atom is 0.374 e. The maximum absolute atomic E-state index is 11.8. The average Bonchev–Trinajstić information content (AvgIpc) is 2.58. The average molecular weight is 270 g/mol. The third-order valence-corrected chi connectivity index (χ3v) is 2.11. The van der Waals surface area contributed by atoms with Crippen LogP contribution in [0.1, 0.15) is 31.4 Å². The van der Waals surface area contributed by atoms with Crippen LogP contribution in [0.25, 0.3) is 11.2 Å².